The first kappa shape index (κ1) is 30.4. The van der Waals surface area contributed by atoms with Gasteiger partial charge in [0.2, 0.25) is 17.7 Å². The van der Waals surface area contributed by atoms with E-state index in [1.54, 1.807) is 0 Å². The summed E-state index contributed by atoms with van der Waals surface area (Å²) in [5, 5.41) is 26.9. The van der Waals surface area contributed by atoms with Gasteiger partial charge < -0.3 is 42.6 Å². The van der Waals surface area contributed by atoms with E-state index in [0.717, 1.165) is 0 Å². The zero-order chi connectivity index (χ0) is 26.4. The molecule has 0 saturated carbocycles. The SMILES string of the molecule is CSCCC(NC(=O)C(Cc1cnc[nH]1)NC(=O)C(NC(=O)C(N)CCCCN)C(C)O)C(=O)O. The number of hydrogen-bond acceptors (Lipinski definition) is 9. The molecular formula is C21H37N7O6S. The van der Waals surface area contributed by atoms with Gasteiger partial charge in [0.15, 0.2) is 0 Å². The van der Waals surface area contributed by atoms with Crippen LogP contribution in [0.15, 0.2) is 12.5 Å². The Kier molecular flexibility index (Phi) is 13.9. The number of hydrogen-bond donors (Lipinski definition) is 8. The van der Waals surface area contributed by atoms with Crippen molar-refractivity contribution in [3.63, 3.8) is 0 Å². The van der Waals surface area contributed by atoms with Crippen LogP contribution < -0.4 is 27.4 Å². The van der Waals surface area contributed by atoms with Crippen LogP contribution in [0, 0.1) is 0 Å². The molecule has 0 aromatic carbocycles. The average Bonchev–Trinajstić information content (AvgIpc) is 3.32. The largest absolute Gasteiger partial charge is 0.480 e. The molecule has 0 bridgehead atoms. The summed E-state index contributed by atoms with van der Waals surface area (Å²) in [6, 6.07) is -4.62. The van der Waals surface area contributed by atoms with Crippen LogP contribution in [-0.4, -0.2) is 92.7 Å². The fraction of sp³-hybridized carbons (Fsp3) is 0.667. The van der Waals surface area contributed by atoms with Crippen LogP contribution in [-0.2, 0) is 25.6 Å². The monoisotopic (exact) mass is 515 g/mol. The lowest BCUT2D eigenvalue weighted by molar-refractivity contribution is -0.142. The molecule has 14 heteroatoms. The highest BCUT2D eigenvalue weighted by Crippen LogP contribution is 2.06. The molecule has 5 atom stereocenters. The summed E-state index contributed by atoms with van der Waals surface area (Å²) in [6.45, 7) is 1.78. The third kappa shape index (κ3) is 11.1. The van der Waals surface area contributed by atoms with E-state index in [1.165, 1.54) is 31.2 Å². The maximum Gasteiger partial charge on any atom is 0.326 e. The van der Waals surface area contributed by atoms with Gasteiger partial charge in [-0.25, -0.2) is 9.78 Å². The highest BCUT2D eigenvalue weighted by molar-refractivity contribution is 7.98. The summed E-state index contributed by atoms with van der Waals surface area (Å²) in [5.74, 6) is -2.86. The minimum atomic E-state index is -1.38. The van der Waals surface area contributed by atoms with Crippen LogP contribution in [0.4, 0.5) is 0 Å². The molecule has 10 N–H and O–H groups in total. The second-order valence-corrected chi connectivity index (χ2v) is 9.13. The number of aromatic nitrogens is 2. The van der Waals surface area contributed by atoms with Crippen molar-refractivity contribution >= 4 is 35.5 Å². The molecule has 0 aliphatic rings. The predicted molar refractivity (Wildman–Crippen MR) is 131 cm³/mol. The van der Waals surface area contributed by atoms with Gasteiger partial charge in [0.05, 0.1) is 18.5 Å². The number of H-pyrrole nitrogens is 1. The summed E-state index contributed by atoms with van der Waals surface area (Å²) in [4.78, 5) is 56.6. The number of nitrogens with two attached hydrogens (primary N) is 2. The Morgan fingerprint density at radius 3 is 2.31 bits per heavy atom. The van der Waals surface area contributed by atoms with Gasteiger partial charge in [-0.1, -0.05) is 6.42 Å². The molecule has 0 aliphatic carbocycles. The van der Waals surface area contributed by atoms with Crippen LogP contribution in [0.1, 0.15) is 38.3 Å². The van der Waals surface area contributed by atoms with Crippen molar-refractivity contribution in [2.24, 2.45) is 11.5 Å². The molecule has 1 heterocycles. The van der Waals surface area contributed by atoms with Crippen molar-refractivity contribution in [2.45, 2.75) is 69.3 Å². The molecule has 1 aromatic rings. The van der Waals surface area contributed by atoms with Crippen LogP contribution in [0.5, 0.6) is 0 Å². The van der Waals surface area contributed by atoms with Crippen molar-refractivity contribution in [3.05, 3.63) is 18.2 Å². The topological polar surface area (TPSA) is 226 Å². The summed E-state index contributed by atoms with van der Waals surface area (Å²) in [5.41, 5.74) is 11.8. The molecule has 1 rings (SSSR count). The predicted octanol–water partition coefficient (Wildman–Crippen LogP) is -1.92. The Morgan fingerprint density at radius 2 is 1.77 bits per heavy atom. The number of carbonyl (C=O) groups excluding carboxylic acids is 3. The van der Waals surface area contributed by atoms with Gasteiger partial charge in [-0.3, -0.25) is 14.4 Å². The number of aliphatic hydroxyl groups is 1. The highest BCUT2D eigenvalue weighted by Gasteiger charge is 2.32. The van der Waals surface area contributed by atoms with E-state index in [-0.39, 0.29) is 12.8 Å². The Morgan fingerprint density at radius 1 is 1.09 bits per heavy atom. The van der Waals surface area contributed by atoms with Gasteiger partial charge in [-0.2, -0.15) is 11.8 Å². The Bertz CT molecular complexity index is 808. The summed E-state index contributed by atoms with van der Waals surface area (Å²) >= 11 is 1.44. The number of unbranched alkanes of at least 4 members (excludes halogenated alkanes) is 1. The fourth-order valence-electron chi connectivity index (χ4n) is 3.16. The van der Waals surface area contributed by atoms with Gasteiger partial charge in [0.25, 0.3) is 0 Å². The molecule has 0 radical (unpaired) electrons. The minimum Gasteiger partial charge on any atom is -0.480 e. The Balaban J connectivity index is 2.95. The second-order valence-electron chi connectivity index (χ2n) is 8.14. The number of imidazole rings is 1. The lowest BCUT2D eigenvalue weighted by atomic mass is 10.1. The zero-order valence-corrected chi connectivity index (χ0v) is 20.8. The number of aliphatic hydroxyl groups excluding tert-OH is 1. The van der Waals surface area contributed by atoms with E-state index in [4.69, 9.17) is 11.5 Å². The Labute approximate surface area is 208 Å². The number of rotatable bonds is 17. The van der Waals surface area contributed by atoms with Crippen molar-refractivity contribution in [2.75, 3.05) is 18.6 Å². The Hall–Kier alpha value is -2.68. The summed E-state index contributed by atoms with van der Waals surface area (Å²) in [6.07, 6.45) is 5.24. The highest BCUT2D eigenvalue weighted by atomic mass is 32.2. The van der Waals surface area contributed by atoms with E-state index in [1.807, 2.05) is 6.26 Å². The molecule has 35 heavy (non-hydrogen) atoms. The number of thioether (sulfide) groups is 1. The zero-order valence-electron chi connectivity index (χ0n) is 20.0. The maximum absolute atomic E-state index is 13.0. The molecular weight excluding hydrogens is 478 g/mol. The number of aromatic amines is 1. The molecule has 3 amide bonds. The van der Waals surface area contributed by atoms with Crippen molar-refractivity contribution in [1.82, 2.24) is 25.9 Å². The smallest absolute Gasteiger partial charge is 0.326 e. The van der Waals surface area contributed by atoms with Gasteiger partial charge in [0.1, 0.15) is 18.1 Å². The summed E-state index contributed by atoms with van der Waals surface area (Å²) < 4.78 is 0. The summed E-state index contributed by atoms with van der Waals surface area (Å²) in [7, 11) is 0. The molecule has 0 fully saturated rings. The molecule has 5 unspecified atom stereocenters. The number of amides is 3. The molecule has 13 nitrogen and oxygen atoms in total. The normalized spacial score (nSPS) is 15.3. The molecule has 0 saturated heterocycles. The third-order valence-electron chi connectivity index (χ3n) is 5.21. The molecule has 0 aliphatic heterocycles. The molecule has 1 aromatic heterocycles. The molecule has 0 spiro atoms. The van der Waals surface area contributed by atoms with Crippen LogP contribution in [0.25, 0.3) is 0 Å². The van der Waals surface area contributed by atoms with Crippen LogP contribution in [0.2, 0.25) is 0 Å². The van der Waals surface area contributed by atoms with Gasteiger partial charge >= 0.3 is 5.97 Å². The van der Waals surface area contributed by atoms with Crippen LogP contribution in [0.3, 0.4) is 0 Å². The van der Waals surface area contributed by atoms with Gasteiger partial charge in [-0.05, 0) is 44.7 Å². The fourth-order valence-corrected chi connectivity index (χ4v) is 3.63. The van der Waals surface area contributed by atoms with Crippen molar-refractivity contribution in [1.29, 1.82) is 0 Å². The number of nitrogens with one attached hydrogen (secondary N) is 4. The number of nitrogens with zero attached hydrogens (tertiary/aromatic N) is 1. The first-order valence-electron chi connectivity index (χ1n) is 11.3. The first-order valence-corrected chi connectivity index (χ1v) is 12.7. The first-order chi connectivity index (χ1) is 16.6. The third-order valence-corrected chi connectivity index (χ3v) is 5.85. The number of carboxylic acid groups (broad SMARTS) is 1. The van der Waals surface area contributed by atoms with Crippen molar-refractivity contribution < 1.29 is 29.4 Å². The quantitative estimate of drug-likeness (QED) is 0.107. The van der Waals surface area contributed by atoms with E-state index < -0.39 is 54.0 Å². The minimum absolute atomic E-state index is 0.0223. The standard InChI is InChI=1S/C21H37N7O6S/c1-12(29)17(28-18(30)14(23)5-3-4-7-22)20(32)27-16(9-13-10-24-11-25-13)19(31)26-15(21(33)34)6-8-35-2/h10-12,14-17,29H,3-9,22-23H2,1-2H3,(H,24,25)(H,26,31)(H,27,32)(H,28,30)(H,33,34). The van der Waals surface area contributed by atoms with Crippen molar-refractivity contribution in [3.8, 4) is 0 Å². The average molecular weight is 516 g/mol. The maximum atomic E-state index is 13.0. The molecule has 198 valence electrons. The number of aliphatic carboxylic acids is 1. The van der Waals surface area contributed by atoms with Crippen LogP contribution >= 0.6 is 11.8 Å². The lowest BCUT2D eigenvalue weighted by Crippen LogP contribution is -2.60. The number of carboxylic acids is 1. The van der Waals surface area contributed by atoms with Gasteiger partial charge in [0, 0.05) is 18.3 Å². The van der Waals surface area contributed by atoms with E-state index in [0.29, 0.717) is 37.3 Å². The second kappa shape index (κ2) is 16.1. The van der Waals surface area contributed by atoms with E-state index in [9.17, 15) is 29.4 Å². The van der Waals surface area contributed by atoms with E-state index in [2.05, 4.69) is 25.9 Å². The van der Waals surface area contributed by atoms with E-state index >= 15 is 0 Å². The number of carbonyl (C=O) groups is 4. The van der Waals surface area contributed by atoms with Gasteiger partial charge in [-0.15, -0.1) is 0 Å². The lowest BCUT2D eigenvalue weighted by Gasteiger charge is -2.26.